The molecule has 0 amide bonds. The highest BCUT2D eigenvalue weighted by Crippen LogP contribution is 2.55. The van der Waals surface area contributed by atoms with Gasteiger partial charge in [0.15, 0.2) is 0 Å². The van der Waals surface area contributed by atoms with Crippen LogP contribution in [0.25, 0.3) is 11.1 Å². The van der Waals surface area contributed by atoms with Gasteiger partial charge in [0.05, 0.1) is 0 Å². The van der Waals surface area contributed by atoms with Crippen LogP contribution < -0.4 is 4.90 Å². The van der Waals surface area contributed by atoms with Crippen LogP contribution in [-0.2, 0) is 5.41 Å². The topological polar surface area (TPSA) is 3.24 Å². The van der Waals surface area contributed by atoms with E-state index in [0.29, 0.717) is 0 Å². The fourth-order valence-electron chi connectivity index (χ4n) is 10.3. The van der Waals surface area contributed by atoms with Crippen molar-refractivity contribution < 1.29 is 0 Å². The average molecular weight is 550 g/mol. The standard InChI is InChI=1S/C41H43N/c1-41(2)39-6-4-3-5-35(39)38-25-34(19-20-40(38)41)42(32-15-11-28(12-16-32)36-23-26-7-9-30(36)21-26)33-17-13-29(14-18-33)37-24-27-8-10-31(37)22-27/h3-6,11-20,25-27,30-31,36-37H,7-10,21-24H2,1-2H3/t26-,27?,30?,31?,36?,37?/m0/s1. The van der Waals surface area contributed by atoms with Crippen LogP contribution in [0, 0.1) is 23.7 Å². The Kier molecular flexibility index (Phi) is 5.60. The lowest BCUT2D eigenvalue weighted by atomic mass is 9.82. The van der Waals surface area contributed by atoms with Crippen molar-refractivity contribution >= 4 is 17.1 Å². The summed E-state index contributed by atoms with van der Waals surface area (Å²) in [7, 11) is 0. The van der Waals surface area contributed by atoms with Gasteiger partial charge in [-0.25, -0.2) is 0 Å². The van der Waals surface area contributed by atoms with E-state index in [0.717, 1.165) is 35.5 Å². The molecule has 4 aromatic rings. The van der Waals surface area contributed by atoms with Gasteiger partial charge < -0.3 is 4.90 Å². The first kappa shape index (κ1) is 25.2. The molecular formula is C41H43N. The number of rotatable bonds is 5. The van der Waals surface area contributed by atoms with E-state index in [9.17, 15) is 0 Å². The molecule has 6 atom stereocenters. The molecule has 4 saturated carbocycles. The maximum Gasteiger partial charge on any atom is 0.0468 e. The molecule has 0 aromatic heterocycles. The number of anilines is 3. The molecule has 4 fully saturated rings. The lowest BCUT2D eigenvalue weighted by Gasteiger charge is -2.29. The fraction of sp³-hybridized carbons (Fsp3) is 0.415. The molecule has 9 rings (SSSR count). The van der Waals surface area contributed by atoms with E-state index in [-0.39, 0.29) is 5.41 Å². The van der Waals surface area contributed by atoms with Crippen LogP contribution >= 0.6 is 0 Å². The molecule has 5 aliphatic rings. The second-order valence-corrected chi connectivity index (χ2v) is 15.0. The van der Waals surface area contributed by atoms with Gasteiger partial charge in [0, 0.05) is 22.5 Å². The van der Waals surface area contributed by atoms with Crippen molar-refractivity contribution in [1.82, 2.24) is 0 Å². The number of benzene rings is 4. The van der Waals surface area contributed by atoms with Crippen LogP contribution in [0.3, 0.4) is 0 Å². The summed E-state index contributed by atoms with van der Waals surface area (Å²) in [5, 5.41) is 0. The predicted molar refractivity (Wildman–Crippen MR) is 175 cm³/mol. The zero-order chi connectivity index (χ0) is 28.0. The van der Waals surface area contributed by atoms with E-state index in [4.69, 9.17) is 0 Å². The summed E-state index contributed by atoms with van der Waals surface area (Å²) in [6.45, 7) is 4.75. The molecule has 1 heteroatoms. The van der Waals surface area contributed by atoms with E-state index in [2.05, 4.69) is 110 Å². The van der Waals surface area contributed by atoms with E-state index in [1.165, 1.54) is 90.7 Å². The van der Waals surface area contributed by atoms with Gasteiger partial charge in [-0.1, -0.05) is 81.3 Å². The third kappa shape index (κ3) is 3.81. The average Bonchev–Trinajstić information content (AvgIpc) is 3.87. The molecule has 0 heterocycles. The SMILES string of the molecule is CC1(C)c2ccccc2-c2cc(N(c3ccc(C4CC5CCC4C5)cc3)c3ccc(C4C[C@H]5CCC4C5)cc3)ccc21. The minimum Gasteiger partial charge on any atom is -0.310 e. The van der Waals surface area contributed by atoms with Crippen molar-refractivity contribution in [1.29, 1.82) is 0 Å². The Balaban J connectivity index is 1.11. The molecule has 1 nitrogen and oxygen atoms in total. The lowest BCUT2D eigenvalue weighted by molar-refractivity contribution is 0.420. The van der Waals surface area contributed by atoms with E-state index in [1.807, 2.05) is 0 Å². The number of hydrogen-bond acceptors (Lipinski definition) is 1. The second kappa shape index (κ2) is 9.34. The van der Waals surface area contributed by atoms with Gasteiger partial charge >= 0.3 is 0 Å². The van der Waals surface area contributed by atoms with Crippen molar-refractivity contribution in [3.05, 3.63) is 113 Å². The highest BCUT2D eigenvalue weighted by Gasteiger charge is 2.41. The van der Waals surface area contributed by atoms with Crippen molar-refractivity contribution in [2.24, 2.45) is 23.7 Å². The quantitative estimate of drug-likeness (QED) is 0.239. The van der Waals surface area contributed by atoms with Gasteiger partial charge in [-0.05, 0) is 144 Å². The molecular weight excluding hydrogens is 506 g/mol. The van der Waals surface area contributed by atoms with Gasteiger partial charge in [0.25, 0.3) is 0 Å². The molecule has 5 unspecified atom stereocenters. The molecule has 4 bridgehead atoms. The van der Waals surface area contributed by atoms with Gasteiger partial charge in [-0.2, -0.15) is 0 Å². The minimum atomic E-state index is 0.0277. The van der Waals surface area contributed by atoms with Gasteiger partial charge in [-0.3, -0.25) is 0 Å². The second-order valence-electron chi connectivity index (χ2n) is 15.0. The first-order chi connectivity index (χ1) is 20.5. The molecule has 0 radical (unpaired) electrons. The Labute approximate surface area is 252 Å². The molecule has 42 heavy (non-hydrogen) atoms. The first-order valence-corrected chi connectivity index (χ1v) is 16.8. The third-order valence-corrected chi connectivity index (χ3v) is 12.5. The zero-order valence-corrected chi connectivity index (χ0v) is 25.2. The van der Waals surface area contributed by atoms with Crippen LogP contribution in [0.15, 0.2) is 91.0 Å². The van der Waals surface area contributed by atoms with Crippen LogP contribution in [-0.4, -0.2) is 0 Å². The monoisotopic (exact) mass is 549 g/mol. The Morgan fingerprint density at radius 2 is 1.05 bits per heavy atom. The zero-order valence-electron chi connectivity index (χ0n) is 25.2. The molecule has 0 spiro atoms. The Hall–Kier alpha value is -3.32. The Morgan fingerprint density at radius 3 is 1.57 bits per heavy atom. The van der Waals surface area contributed by atoms with Crippen LogP contribution in [0.5, 0.6) is 0 Å². The largest absolute Gasteiger partial charge is 0.310 e. The number of hydrogen-bond donors (Lipinski definition) is 0. The molecule has 0 aliphatic heterocycles. The van der Waals surface area contributed by atoms with Crippen LogP contribution in [0.2, 0.25) is 0 Å². The van der Waals surface area contributed by atoms with Gasteiger partial charge in [0.1, 0.15) is 0 Å². The molecule has 0 saturated heterocycles. The summed E-state index contributed by atoms with van der Waals surface area (Å²) in [5.74, 6) is 5.31. The van der Waals surface area contributed by atoms with E-state index >= 15 is 0 Å². The van der Waals surface area contributed by atoms with E-state index < -0.39 is 0 Å². The van der Waals surface area contributed by atoms with Crippen molar-refractivity contribution in [2.45, 2.75) is 82.5 Å². The lowest BCUT2D eigenvalue weighted by Crippen LogP contribution is -2.15. The van der Waals surface area contributed by atoms with Crippen molar-refractivity contribution in [3.8, 4) is 11.1 Å². The van der Waals surface area contributed by atoms with E-state index in [1.54, 1.807) is 11.1 Å². The summed E-state index contributed by atoms with van der Waals surface area (Å²) >= 11 is 0. The van der Waals surface area contributed by atoms with Crippen molar-refractivity contribution in [3.63, 3.8) is 0 Å². The van der Waals surface area contributed by atoms with Crippen LogP contribution in [0.1, 0.15) is 99.3 Å². The minimum absolute atomic E-state index is 0.0277. The maximum atomic E-state index is 2.50. The summed E-state index contributed by atoms with van der Waals surface area (Å²) in [5.41, 5.74) is 12.6. The van der Waals surface area contributed by atoms with Crippen molar-refractivity contribution in [2.75, 3.05) is 4.90 Å². The highest BCUT2D eigenvalue weighted by molar-refractivity contribution is 5.86. The first-order valence-electron chi connectivity index (χ1n) is 16.8. The normalized spacial score (nSPS) is 29.6. The van der Waals surface area contributed by atoms with Crippen LogP contribution in [0.4, 0.5) is 17.1 Å². The predicted octanol–water partition coefficient (Wildman–Crippen LogP) is 11.3. The molecule has 212 valence electrons. The molecule has 0 N–H and O–H groups in total. The number of fused-ring (bicyclic) bond motifs is 7. The van der Waals surface area contributed by atoms with Gasteiger partial charge in [-0.15, -0.1) is 0 Å². The maximum absolute atomic E-state index is 2.50. The molecule has 5 aliphatic carbocycles. The smallest absolute Gasteiger partial charge is 0.0468 e. The number of nitrogens with zero attached hydrogens (tertiary/aromatic N) is 1. The molecule has 4 aromatic carbocycles. The summed E-state index contributed by atoms with van der Waals surface area (Å²) in [6, 6.07) is 35.6. The third-order valence-electron chi connectivity index (χ3n) is 12.5. The summed E-state index contributed by atoms with van der Waals surface area (Å²) < 4.78 is 0. The summed E-state index contributed by atoms with van der Waals surface area (Å²) in [6.07, 6.45) is 11.5. The van der Waals surface area contributed by atoms with Gasteiger partial charge in [0.2, 0.25) is 0 Å². The fourth-order valence-corrected chi connectivity index (χ4v) is 10.3. The Morgan fingerprint density at radius 1 is 0.524 bits per heavy atom. The Bertz CT molecular complexity index is 1570. The highest BCUT2D eigenvalue weighted by atomic mass is 15.1. The summed E-state index contributed by atoms with van der Waals surface area (Å²) in [4.78, 5) is 2.50.